The summed E-state index contributed by atoms with van der Waals surface area (Å²) in [6.07, 6.45) is 4.39. The van der Waals surface area contributed by atoms with Crippen LogP contribution in [-0.4, -0.2) is 32.2 Å². The number of carbonyl (C=O) groups is 1. The number of nitrogens with zero attached hydrogens (tertiary/aromatic N) is 5. The number of rotatable bonds is 4. The molecule has 0 N–H and O–H groups in total. The largest absolute Gasteiger partial charge is 0.487 e. The zero-order valence-corrected chi connectivity index (χ0v) is 13.2. The van der Waals surface area contributed by atoms with E-state index in [9.17, 15) is 9.18 Å². The van der Waals surface area contributed by atoms with E-state index in [0.29, 0.717) is 36.0 Å². The van der Waals surface area contributed by atoms with E-state index in [-0.39, 0.29) is 12.5 Å². The Morgan fingerprint density at radius 3 is 2.76 bits per heavy atom. The van der Waals surface area contributed by atoms with Crippen molar-refractivity contribution in [3.63, 3.8) is 0 Å². The third-order valence-electron chi connectivity index (χ3n) is 3.86. The number of carbonyl (C=O) groups excluding carboxylic acids is 1. The van der Waals surface area contributed by atoms with Crippen LogP contribution in [-0.2, 0) is 13.2 Å². The average molecular weight is 339 g/mol. The highest BCUT2D eigenvalue weighted by Crippen LogP contribution is 2.20. The summed E-state index contributed by atoms with van der Waals surface area (Å²) in [4.78, 5) is 22.1. The highest BCUT2D eigenvalue weighted by atomic mass is 19.1. The van der Waals surface area contributed by atoms with Crippen LogP contribution in [0.3, 0.4) is 0 Å². The lowest BCUT2D eigenvalue weighted by atomic mass is 10.2. The zero-order chi connectivity index (χ0) is 17.2. The van der Waals surface area contributed by atoms with Gasteiger partial charge < -0.3 is 4.74 Å². The molecule has 3 aromatic heterocycles. The zero-order valence-electron chi connectivity index (χ0n) is 13.2. The van der Waals surface area contributed by atoms with Crippen LogP contribution in [0.25, 0.3) is 0 Å². The van der Waals surface area contributed by atoms with Gasteiger partial charge in [-0.05, 0) is 30.3 Å². The van der Waals surface area contributed by atoms with E-state index >= 15 is 0 Å². The van der Waals surface area contributed by atoms with Crippen molar-refractivity contribution in [2.24, 2.45) is 0 Å². The predicted octanol–water partition coefficient (Wildman–Crippen LogP) is 2.05. The van der Waals surface area contributed by atoms with E-state index in [1.54, 1.807) is 35.3 Å². The minimum absolute atomic E-state index is 0.215. The third kappa shape index (κ3) is 3.06. The second-order valence-corrected chi connectivity index (χ2v) is 5.51. The topological polar surface area (TPSA) is 73.1 Å². The quantitative estimate of drug-likeness (QED) is 0.727. The van der Waals surface area contributed by atoms with Gasteiger partial charge in [-0.1, -0.05) is 0 Å². The van der Waals surface area contributed by atoms with Gasteiger partial charge in [0, 0.05) is 18.9 Å². The summed E-state index contributed by atoms with van der Waals surface area (Å²) < 4.78 is 20.3. The number of pyridine rings is 2. The molecule has 1 amide bonds. The van der Waals surface area contributed by atoms with Crippen LogP contribution < -0.4 is 9.64 Å². The van der Waals surface area contributed by atoms with Crippen LogP contribution >= 0.6 is 0 Å². The number of fused-ring (bicyclic) bond motifs is 1. The van der Waals surface area contributed by atoms with Crippen LogP contribution in [0.2, 0.25) is 0 Å². The van der Waals surface area contributed by atoms with Gasteiger partial charge in [0.05, 0.1) is 12.7 Å². The molecule has 4 rings (SSSR count). The molecule has 0 aromatic carbocycles. The molecule has 1 aliphatic heterocycles. The number of hydrogen-bond acceptors (Lipinski definition) is 5. The lowest BCUT2D eigenvalue weighted by molar-refractivity contribution is 0.0961. The molecule has 0 saturated carbocycles. The highest BCUT2D eigenvalue weighted by Gasteiger charge is 2.28. The lowest BCUT2D eigenvalue weighted by Crippen LogP contribution is -2.40. The molecule has 8 heteroatoms. The maximum absolute atomic E-state index is 13.0. The first kappa shape index (κ1) is 15.3. The normalized spacial score (nSPS) is 13.6. The smallest absolute Gasteiger partial charge is 0.277 e. The molecular formula is C17H14FN5O2. The Balaban J connectivity index is 1.51. The minimum atomic E-state index is -0.436. The Hall–Kier alpha value is -3.29. The lowest BCUT2D eigenvalue weighted by Gasteiger charge is -2.26. The van der Waals surface area contributed by atoms with Crippen molar-refractivity contribution in [1.29, 1.82) is 0 Å². The monoisotopic (exact) mass is 339 g/mol. The van der Waals surface area contributed by atoms with Crippen LogP contribution in [0.1, 0.15) is 16.2 Å². The fourth-order valence-corrected chi connectivity index (χ4v) is 2.66. The summed E-state index contributed by atoms with van der Waals surface area (Å²) >= 11 is 0. The van der Waals surface area contributed by atoms with Crippen molar-refractivity contribution in [3.05, 3.63) is 66.1 Å². The number of anilines is 1. The first-order valence-electron chi connectivity index (χ1n) is 7.74. The number of halogens is 1. The predicted molar refractivity (Wildman–Crippen MR) is 86.7 cm³/mol. The average Bonchev–Trinajstić information content (AvgIpc) is 3.06. The molecule has 0 fully saturated rings. The van der Waals surface area contributed by atoms with Crippen LogP contribution in [0, 0.1) is 5.82 Å². The molecule has 0 spiro atoms. The van der Waals surface area contributed by atoms with Crippen molar-refractivity contribution in [1.82, 2.24) is 19.7 Å². The molecule has 7 nitrogen and oxygen atoms in total. The van der Waals surface area contributed by atoms with Crippen molar-refractivity contribution < 1.29 is 13.9 Å². The maximum Gasteiger partial charge on any atom is 0.277 e. The van der Waals surface area contributed by atoms with E-state index < -0.39 is 5.82 Å². The van der Waals surface area contributed by atoms with Gasteiger partial charge >= 0.3 is 0 Å². The van der Waals surface area contributed by atoms with Gasteiger partial charge in [-0.25, -0.2) is 9.37 Å². The summed E-state index contributed by atoms with van der Waals surface area (Å²) in [6, 6.07) is 7.99. The van der Waals surface area contributed by atoms with Crippen LogP contribution in [0.5, 0.6) is 5.75 Å². The Kier molecular flexibility index (Phi) is 3.85. The van der Waals surface area contributed by atoms with Gasteiger partial charge in [-0.15, -0.1) is 0 Å². The van der Waals surface area contributed by atoms with E-state index in [1.807, 2.05) is 0 Å². The van der Waals surface area contributed by atoms with E-state index in [0.717, 1.165) is 6.20 Å². The van der Waals surface area contributed by atoms with Crippen molar-refractivity contribution in [2.75, 3.05) is 11.4 Å². The molecule has 3 aromatic rings. The van der Waals surface area contributed by atoms with Gasteiger partial charge in [0.15, 0.2) is 0 Å². The highest BCUT2D eigenvalue weighted by molar-refractivity contribution is 6.05. The molecule has 0 unspecified atom stereocenters. The standard InChI is InChI=1S/C17H14FN5O2/c18-12-1-2-16(20-10-12)22-7-8-23-15(17(22)24)9-13(21-23)11-25-14-3-5-19-6-4-14/h1-6,9-10H,7-8,11H2. The molecule has 0 bridgehead atoms. The third-order valence-corrected chi connectivity index (χ3v) is 3.86. The number of hydrogen-bond donors (Lipinski definition) is 0. The summed E-state index contributed by atoms with van der Waals surface area (Å²) in [6.45, 7) is 1.22. The first-order chi connectivity index (χ1) is 12.2. The Labute approximate surface area is 142 Å². The molecule has 25 heavy (non-hydrogen) atoms. The summed E-state index contributed by atoms with van der Waals surface area (Å²) in [7, 11) is 0. The molecule has 126 valence electrons. The fraction of sp³-hybridized carbons (Fsp3) is 0.176. The minimum Gasteiger partial charge on any atom is -0.487 e. The van der Waals surface area contributed by atoms with Crippen molar-refractivity contribution in [3.8, 4) is 5.75 Å². The molecule has 1 aliphatic rings. The van der Waals surface area contributed by atoms with Gasteiger partial charge in [0.2, 0.25) is 0 Å². The second-order valence-electron chi connectivity index (χ2n) is 5.51. The number of aromatic nitrogens is 4. The van der Waals surface area contributed by atoms with Gasteiger partial charge in [-0.2, -0.15) is 5.10 Å². The van der Waals surface area contributed by atoms with E-state index in [2.05, 4.69) is 15.1 Å². The van der Waals surface area contributed by atoms with Gasteiger partial charge in [-0.3, -0.25) is 19.4 Å². The van der Waals surface area contributed by atoms with Crippen LogP contribution in [0.15, 0.2) is 48.9 Å². The van der Waals surface area contributed by atoms with E-state index in [1.165, 1.54) is 17.0 Å². The molecule has 0 atom stereocenters. The molecule has 0 radical (unpaired) electrons. The van der Waals surface area contributed by atoms with Crippen LogP contribution in [0.4, 0.5) is 10.2 Å². The SMILES string of the molecule is O=C1c2cc(COc3ccncc3)nn2CCN1c1ccc(F)cn1. The molecule has 0 saturated heterocycles. The Morgan fingerprint density at radius 1 is 1.16 bits per heavy atom. The van der Waals surface area contributed by atoms with Crippen molar-refractivity contribution in [2.45, 2.75) is 13.2 Å². The Bertz CT molecular complexity index is 895. The van der Waals surface area contributed by atoms with Crippen molar-refractivity contribution >= 4 is 11.7 Å². The van der Waals surface area contributed by atoms with Gasteiger partial charge in [0.25, 0.3) is 5.91 Å². The Morgan fingerprint density at radius 2 is 2.00 bits per heavy atom. The second kappa shape index (κ2) is 6.31. The summed E-state index contributed by atoms with van der Waals surface area (Å²) in [5.74, 6) is 0.458. The van der Waals surface area contributed by atoms with E-state index in [4.69, 9.17) is 4.74 Å². The maximum atomic E-state index is 13.0. The molecular weight excluding hydrogens is 325 g/mol. The molecule has 0 aliphatic carbocycles. The fourth-order valence-electron chi connectivity index (χ4n) is 2.66. The van der Waals surface area contributed by atoms with Gasteiger partial charge in [0.1, 0.15) is 35.4 Å². The first-order valence-corrected chi connectivity index (χ1v) is 7.74. The number of ether oxygens (including phenoxy) is 1. The number of amides is 1. The molecule has 4 heterocycles. The summed E-state index contributed by atoms with van der Waals surface area (Å²) in [5.41, 5.74) is 1.12. The summed E-state index contributed by atoms with van der Waals surface area (Å²) in [5, 5.41) is 4.41.